The predicted molar refractivity (Wildman–Crippen MR) is 96.9 cm³/mol. The van der Waals surface area contributed by atoms with Crippen LogP contribution in [-0.4, -0.2) is 44.7 Å². The van der Waals surface area contributed by atoms with E-state index < -0.39 is 0 Å². The first-order chi connectivity index (χ1) is 11.2. The number of piperidine rings is 2. The number of likely N-dealkylation sites (tertiary alicyclic amines) is 1. The molecular weight excluding hydrogens is 282 g/mol. The maximum absolute atomic E-state index is 3.70. The lowest BCUT2D eigenvalue weighted by Gasteiger charge is -2.36. The van der Waals surface area contributed by atoms with Crippen molar-refractivity contribution in [2.24, 2.45) is 17.8 Å². The van der Waals surface area contributed by atoms with Gasteiger partial charge in [0.25, 0.3) is 0 Å². The Morgan fingerprint density at radius 1 is 0.957 bits per heavy atom. The maximum Gasteiger partial charge on any atom is 0.0366 e. The van der Waals surface area contributed by atoms with Crippen molar-refractivity contribution < 1.29 is 0 Å². The first-order valence-corrected chi connectivity index (χ1v) is 9.46. The van der Waals surface area contributed by atoms with E-state index in [0.717, 1.165) is 24.3 Å². The largest absolute Gasteiger partial charge is 0.371 e. The van der Waals surface area contributed by atoms with E-state index in [0.29, 0.717) is 6.04 Å². The third-order valence-electron chi connectivity index (χ3n) is 6.31. The molecule has 3 nitrogen and oxygen atoms in total. The molecule has 3 aliphatic heterocycles. The molecule has 3 fully saturated rings. The molecule has 4 atom stereocenters. The zero-order valence-corrected chi connectivity index (χ0v) is 14.7. The molecule has 1 aromatic carbocycles. The van der Waals surface area contributed by atoms with Crippen LogP contribution in [0.25, 0.3) is 0 Å². The van der Waals surface area contributed by atoms with Gasteiger partial charge < -0.3 is 15.1 Å². The summed E-state index contributed by atoms with van der Waals surface area (Å²) in [4.78, 5) is 5.12. The van der Waals surface area contributed by atoms with E-state index in [9.17, 15) is 0 Å². The Kier molecular flexibility index (Phi) is 4.33. The van der Waals surface area contributed by atoms with Crippen molar-refractivity contribution in [1.29, 1.82) is 0 Å². The third-order valence-corrected chi connectivity index (χ3v) is 6.31. The van der Waals surface area contributed by atoms with Gasteiger partial charge in [0.05, 0.1) is 0 Å². The van der Waals surface area contributed by atoms with Crippen molar-refractivity contribution in [2.75, 3.05) is 44.7 Å². The van der Waals surface area contributed by atoms with E-state index in [-0.39, 0.29) is 0 Å². The molecule has 3 heteroatoms. The lowest BCUT2D eigenvalue weighted by molar-refractivity contribution is 0.333. The SMILES string of the molecule is C[C@H]1CC[C@H](c2ccc(N3CC[C@H]4CN(C)C[C@H]4C3)cc2)NC1. The zero-order chi connectivity index (χ0) is 15.8. The summed E-state index contributed by atoms with van der Waals surface area (Å²) < 4.78 is 0. The number of fused-ring (bicyclic) bond motifs is 1. The highest BCUT2D eigenvalue weighted by Crippen LogP contribution is 2.33. The Hall–Kier alpha value is -1.06. The standard InChI is InChI=1S/C20H31N3/c1-15-3-8-20(21-11-15)16-4-6-19(7-5-16)23-10-9-17-12-22(2)13-18(17)14-23/h4-7,15,17-18,20-21H,3,8-14H2,1-2H3/t15-,17-,18-,20+/m0/s1. The molecule has 3 heterocycles. The van der Waals surface area contributed by atoms with Crippen LogP contribution >= 0.6 is 0 Å². The number of benzene rings is 1. The van der Waals surface area contributed by atoms with Gasteiger partial charge in [0.15, 0.2) is 0 Å². The van der Waals surface area contributed by atoms with Gasteiger partial charge in [-0.2, -0.15) is 0 Å². The molecule has 23 heavy (non-hydrogen) atoms. The smallest absolute Gasteiger partial charge is 0.0366 e. The van der Waals surface area contributed by atoms with E-state index in [1.165, 1.54) is 56.7 Å². The second-order valence-corrected chi connectivity index (χ2v) is 8.21. The van der Waals surface area contributed by atoms with E-state index >= 15 is 0 Å². The van der Waals surface area contributed by atoms with Crippen LogP contribution in [0.1, 0.15) is 37.8 Å². The van der Waals surface area contributed by atoms with Crippen LogP contribution in [0.15, 0.2) is 24.3 Å². The van der Waals surface area contributed by atoms with Crippen molar-refractivity contribution in [3.63, 3.8) is 0 Å². The molecular formula is C20H31N3. The Labute approximate surface area is 141 Å². The minimum Gasteiger partial charge on any atom is -0.371 e. The van der Waals surface area contributed by atoms with Gasteiger partial charge in [0.1, 0.15) is 0 Å². The Bertz CT molecular complexity index is 518. The van der Waals surface area contributed by atoms with E-state index in [4.69, 9.17) is 0 Å². The van der Waals surface area contributed by atoms with E-state index in [2.05, 4.69) is 53.4 Å². The quantitative estimate of drug-likeness (QED) is 0.905. The van der Waals surface area contributed by atoms with Gasteiger partial charge in [0, 0.05) is 37.9 Å². The monoisotopic (exact) mass is 313 g/mol. The summed E-state index contributed by atoms with van der Waals surface area (Å²) in [6.07, 6.45) is 3.99. The van der Waals surface area contributed by atoms with Gasteiger partial charge in [-0.3, -0.25) is 0 Å². The van der Waals surface area contributed by atoms with E-state index in [1.807, 2.05) is 0 Å². The molecule has 0 radical (unpaired) electrons. The molecule has 1 N–H and O–H groups in total. The van der Waals surface area contributed by atoms with Crippen molar-refractivity contribution >= 4 is 5.69 Å². The van der Waals surface area contributed by atoms with Crippen LogP contribution < -0.4 is 10.2 Å². The summed E-state index contributed by atoms with van der Waals surface area (Å²) in [5.41, 5.74) is 2.89. The van der Waals surface area contributed by atoms with Crippen LogP contribution in [0.5, 0.6) is 0 Å². The predicted octanol–water partition coefficient (Wildman–Crippen LogP) is 3.14. The van der Waals surface area contributed by atoms with Crippen LogP contribution in [0.3, 0.4) is 0 Å². The van der Waals surface area contributed by atoms with E-state index in [1.54, 1.807) is 0 Å². The van der Waals surface area contributed by atoms with Crippen molar-refractivity contribution in [3.8, 4) is 0 Å². The van der Waals surface area contributed by atoms with Gasteiger partial charge in [-0.15, -0.1) is 0 Å². The summed E-state index contributed by atoms with van der Waals surface area (Å²) in [5.74, 6) is 2.63. The van der Waals surface area contributed by atoms with Gasteiger partial charge in [0.2, 0.25) is 0 Å². The maximum atomic E-state index is 3.70. The number of nitrogens with one attached hydrogen (secondary N) is 1. The number of nitrogens with zero attached hydrogens (tertiary/aromatic N) is 2. The molecule has 0 aliphatic carbocycles. The number of hydrogen-bond acceptors (Lipinski definition) is 3. The van der Waals surface area contributed by atoms with Gasteiger partial charge in [-0.1, -0.05) is 19.1 Å². The second kappa shape index (κ2) is 6.45. The molecule has 4 rings (SSSR count). The first-order valence-electron chi connectivity index (χ1n) is 9.46. The molecule has 0 aromatic heterocycles. The first kappa shape index (κ1) is 15.5. The normalized spacial score (nSPS) is 35.3. The zero-order valence-electron chi connectivity index (χ0n) is 14.7. The number of anilines is 1. The lowest BCUT2D eigenvalue weighted by atomic mass is 9.88. The number of hydrogen-bond donors (Lipinski definition) is 1. The van der Waals surface area contributed by atoms with Crippen LogP contribution in [0.4, 0.5) is 5.69 Å². The minimum absolute atomic E-state index is 0.564. The highest BCUT2D eigenvalue weighted by molar-refractivity contribution is 5.48. The highest BCUT2D eigenvalue weighted by atomic mass is 15.2. The summed E-state index contributed by atoms with van der Waals surface area (Å²) in [6, 6.07) is 9.99. The van der Waals surface area contributed by atoms with Crippen molar-refractivity contribution in [2.45, 2.75) is 32.2 Å². The molecule has 3 aliphatic rings. The molecule has 1 aromatic rings. The Morgan fingerprint density at radius 3 is 2.48 bits per heavy atom. The Morgan fingerprint density at radius 2 is 1.74 bits per heavy atom. The topological polar surface area (TPSA) is 18.5 Å². The fraction of sp³-hybridized carbons (Fsp3) is 0.700. The Balaban J connectivity index is 1.40. The molecule has 0 bridgehead atoms. The summed E-state index contributed by atoms with van der Waals surface area (Å²) in [6.45, 7) is 8.57. The molecule has 126 valence electrons. The fourth-order valence-corrected chi connectivity index (χ4v) is 4.84. The van der Waals surface area contributed by atoms with Crippen molar-refractivity contribution in [1.82, 2.24) is 10.2 Å². The van der Waals surface area contributed by atoms with Gasteiger partial charge in [-0.05, 0) is 68.3 Å². The third kappa shape index (κ3) is 3.27. The molecule has 0 amide bonds. The molecule has 0 spiro atoms. The summed E-state index contributed by atoms with van der Waals surface area (Å²) in [7, 11) is 2.27. The molecule has 0 unspecified atom stereocenters. The van der Waals surface area contributed by atoms with Crippen LogP contribution in [-0.2, 0) is 0 Å². The second-order valence-electron chi connectivity index (χ2n) is 8.21. The molecule has 3 saturated heterocycles. The lowest BCUT2D eigenvalue weighted by Crippen LogP contribution is -2.40. The van der Waals surface area contributed by atoms with Gasteiger partial charge in [-0.25, -0.2) is 0 Å². The van der Waals surface area contributed by atoms with Gasteiger partial charge >= 0.3 is 0 Å². The van der Waals surface area contributed by atoms with Crippen molar-refractivity contribution in [3.05, 3.63) is 29.8 Å². The average Bonchev–Trinajstić information content (AvgIpc) is 2.95. The summed E-state index contributed by atoms with van der Waals surface area (Å²) in [5, 5.41) is 3.70. The average molecular weight is 313 g/mol. The van der Waals surface area contributed by atoms with Crippen LogP contribution in [0.2, 0.25) is 0 Å². The number of rotatable bonds is 2. The fourth-order valence-electron chi connectivity index (χ4n) is 4.84. The summed E-state index contributed by atoms with van der Waals surface area (Å²) >= 11 is 0. The minimum atomic E-state index is 0.564. The highest BCUT2D eigenvalue weighted by Gasteiger charge is 2.35. The van der Waals surface area contributed by atoms with Crippen LogP contribution in [0, 0.1) is 17.8 Å². The molecule has 0 saturated carbocycles.